The molecule has 66 valence electrons. The van der Waals surface area contributed by atoms with E-state index in [1.807, 2.05) is 0 Å². The maximum absolute atomic E-state index is 3.49. The first-order chi connectivity index (χ1) is 5.22. The van der Waals surface area contributed by atoms with Crippen molar-refractivity contribution in [2.45, 2.75) is 33.2 Å². The third kappa shape index (κ3) is 2.46. The number of rotatable bonds is 2. The highest BCUT2D eigenvalue weighted by atomic mass is 15.1. The van der Waals surface area contributed by atoms with E-state index in [0.717, 1.165) is 24.5 Å². The largest absolute Gasteiger partial charge is 0.304 e. The van der Waals surface area contributed by atoms with Crippen molar-refractivity contribution in [1.82, 2.24) is 10.6 Å². The van der Waals surface area contributed by atoms with Gasteiger partial charge >= 0.3 is 0 Å². The lowest BCUT2D eigenvalue weighted by Gasteiger charge is -2.31. The smallest absolute Gasteiger partial charge is 0.0456 e. The fourth-order valence-electron chi connectivity index (χ4n) is 1.56. The van der Waals surface area contributed by atoms with E-state index in [0.29, 0.717) is 0 Å². The van der Waals surface area contributed by atoms with E-state index in [1.54, 1.807) is 0 Å². The summed E-state index contributed by atoms with van der Waals surface area (Å²) < 4.78 is 0. The minimum Gasteiger partial charge on any atom is -0.304 e. The van der Waals surface area contributed by atoms with Gasteiger partial charge in [-0.3, -0.25) is 0 Å². The minimum atomic E-state index is 0.733. The van der Waals surface area contributed by atoms with E-state index in [9.17, 15) is 0 Å². The van der Waals surface area contributed by atoms with Gasteiger partial charge in [-0.1, -0.05) is 20.8 Å². The van der Waals surface area contributed by atoms with E-state index < -0.39 is 0 Å². The molecule has 0 spiro atoms. The number of hydrogen-bond acceptors (Lipinski definition) is 2. The average Bonchev–Trinajstić information content (AvgIpc) is 2.05. The Labute approximate surface area is 69.8 Å². The highest BCUT2D eigenvalue weighted by molar-refractivity contribution is 4.78. The van der Waals surface area contributed by atoms with Crippen LogP contribution in [0.15, 0.2) is 0 Å². The Hall–Kier alpha value is -0.0800. The van der Waals surface area contributed by atoms with Crippen molar-refractivity contribution in [1.29, 1.82) is 0 Å². The SMILES string of the molecule is CC(C)C(C)C1CCNCN1. The summed E-state index contributed by atoms with van der Waals surface area (Å²) in [5, 5.41) is 6.79. The summed E-state index contributed by atoms with van der Waals surface area (Å²) in [6, 6.07) is 0.733. The van der Waals surface area contributed by atoms with Crippen molar-refractivity contribution in [3.63, 3.8) is 0 Å². The molecule has 2 nitrogen and oxygen atoms in total. The quantitative estimate of drug-likeness (QED) is 0.627. The molecule has 2 atom stereocenters. The first-order valence-electron chi connectivity index (χ1n) is 4.66. The molecule has 0 aromatic heterocycles. The van der Waals surface area contributed by atoms with Crippen LogP contribution >= 0.6 is 0 Å². The van der Waals surface area contributed by atoms with Gasteiger partial charge in [0.25, 0.3) is 0 Å². The maximum Gasteiger partial charge on any atom is 0.0456 e. The van der Waals surface area contributed by atoms with Crippen LogP contribution in [0.3, 0.4) is 0 Å². The van der Waals surface area contributed by atoms with Crippen LogP contribution in [0.4, 0.5) is 0 Å². The fourth-order valence-corrected chi connectivity index (χ4v) is 1.56. The van der Waals surface area contributed by atoms with Crippen LogP contribution in [0.5, 0.6) is 0 Å². The molecule has 2 N–H and O–H groups in total. The molecule has 11 heavy (non-hydrogen) atoms. The zero-order valence-corrected chi connectivity index (χ0v) is 7.85. The molecular weight excluding hydrogens is 136 g/mol. The standard InChI is InChI=1S/C9H20N2/c1-7(2)8(3)9-4-5-10-6-11-9/h7-11H,4-6H2,1-3H3. The van der Waals surface area contributed by atoms with Gasteiger partial charge in [0.05, 0.1) is 0 Å². The molecule has 0 saturated carbocycles. The van der Waals surface area contributed by atoms with E-state index in [1.165, 1.54) is 13.0 Å². The lowest BCUT2D eigenvalue weighted by Crippen LogP contribution is -2.48. The Balaban J connectivity index is 2.32. The third-order valence-electron chi connectivity index (χ3n) is 2.81. The van der Waals surface area contributed by atoms with Gasteiger partial charge in [0, 0.05) is 12.7 Å². The summed E-state index contributed by atoms with van der Waals surface area (Å²) in [6.45, 7) is 9.10. The van der Waals surface area contributed by atoms with E-state index >= 15 is 0 Å². The first-order valence-corrected chi connectivity index (χ1v) is 4.66. The predicted molar refractivity (Wildman–Crippen MR) is 48.4 cm³/mol. The predicted octanol–water partition coefficient (Wildman–Crippen LogP) is 1.19. The van der Waals surface area contributed by atoms with Crippen molar-refractivity contribution >= 4 is 0 Å². The molecule has 1 rings (SSSR count). The zero-order chi connectivity index (χ0) is 8.27. The maximum atomic E-state index is 3.49. The number of hydrogen-bond donors (Lipinski definition) is 2. The molecule has 0 aromatic carbocycles. The van der Waals surface area contributed by atoms with Crippen molar-refractivity contribution in [3.8, 4) is 0 Å². The summed E-state index contributed by atoms with van der Waals surface area (Å²) in [5.41, 5.74) is 0. The van der Waals surface area contributed by atoms with E-state index in [4.69, 9.17) is 0 Å². The van der Waals surface area contributed by atoms with Gasteiger partial charge in [0.15, 0.2) is 0 Å². The monoisotopic (exact) mass is 156 g/mol. The Bertz CT molecular complexity index is 106. The summed E-state index contributed by atoms with van der Waals surface area (Å²) >= 11 is 0. The van der Waals surface area contributed by atoms with Crippen LogP contribution in [0.25, 0.3) is 0 Å². The van der Waals surface area contributed by atoms with Crippen LogP contribution in [0.2, 0.25) is 0 Å². The second-order valence-corrected chi connectivity index (χ2v) is 3.88. The van der Waals surface area contributed by atoms with E-state index in [-0.39, 0.29) is 0 Å². The highest BCUT2D eigenvalue weighted by Crippen LogP contribution is 2.17. The average molecular weight is 156 g/mol. The molecule has 1 saturated heterocycles. The Morgan fingerprint density at radius 1 is 1.27 bits per heavy atom. The molecule has 0 bridgehead atoms. The summed E-state index contributed by atoms with van der Waals surface area (Å²) in [7, 11) is 0. The lowest BCUT2D eigenvalue weighted by atomic mass is 9.88. The second-order valence-electron chi connectivity index (χ2n) is 3.88. The molecule has 0 aliphatic carbocycles. The second kappa shape index (κ2) is 4.07. The molecule has 1 fully saturated rings. The summed E-state index contributed by atoms with van der Waals surface area (Å²) in [6.07, 6.45) is 1.28. The van der Waals surface area contributed by atoms with Crippen molar-refractivity contribution in [2.75, 3.05) is 13.2 Å². The van der Waals surface area contributed by atoms with Gasteiger partial charge in [-0.15, -0.1) is 0 Å². The molecule has 0 aromatic rings. The normalized spacial score (nSPS) is 28.9. The molecule has 2 heteroatoms. The topological polar surface area (TPSA) is 24.1 Å². The Morgan fingerprint density at radius 2 is 2.00 bits per heavy atom. The van der Waals surface area contributed by atoms with Gasteiger partial charge in [-0.05, 0) is 24.8 Å². The molecular formula is C9H20N2. The van der Waals surface area contributed by atoms with Gasteiger partial charge in [-0.2, -0.15) is 0 Å². The molecule has 1 aliphatic rings. The Morgan fingerprint density at radius 3 is 2.45 bits per heavy atom. The Kier molecular flexibility index (Phi) is 3.34. The number of nitrogens with one attached hydrogen (secondary N) is 2. The van der Waals surface area contributed by atoms with Crippen molar-refractivity contribution in [2.24, 2.45) is 11.8 Å². The van der Waals surface area contributed by atoms with Crippen LogP contribution in [0.1, 0.15) is 27.2 Å². The summed E-state index contributed by atoms with van der Waals surface area (Å²) in [4.78, 5) is 0. The van der Waals surface area contributed by atoms with Gasteiger partial charge < -0.3 is 10.6 Å². The molecule has 0 radical (unpaired) electrons. The molecule has 1 heterocycles. The van der Waals surface area contributed by atoms with Crippen LogP contribution < -0.4 is 10.6 Å². The fraction of sp³-hybridized carbons (Fsp3) is 1.00. The zero-order valence-electron chi connectivity index (χ0n) is 7.85. The van der Waals surface area contributed by atoms with Crippen molar-refractivity contribution in [3.05, 3.63) is 0 Å². The molecule has 0 amide bonds. The van der Waals surface area contributed by atoms with Crippen LogP contribution in [-0.4, -0.2) is 19.3 Å². The first kappa shape index (κ1) is 9.01. The van der Waals surface area contributed by atoms with Gasteiger partial charge in [0.2, 0.25) is 0 Å². The van der Waals surface area contributed by atoms with E-state index in [2.05, 4.69) is 31.4 Å². The third-order valence-corrected chi connectivity index (χ3v) is 2.81. The van der Waals surface area contributed by atoms with Crippen LogP contribution in [-0.2, 0) is 0 Å². The summed E-state index contributed by atoms with van der Waals surface area (Å²) in [5.74, 6) is 1.60. The molecule has 1 aliphatic heterocycles. The lowest BCUT2D eigenvalue weighted by molar-refractivity contribution is 0.253. The van der Waals surface area contributed by atoms with Gasteiger partial charge in [0.1, 0.15) is 0 Å². The van der Waals surface area contributed by atoms with Crippen molar-refractivity contribution < 1.29 is 0 Å². The van der Waals surface area contributed by atoms with Gasteiger partial charge in [-0.25, -0.2) is 0 Å². The molecule has 2 unspecified atom stereocenters. The minimum absolute atomic E-state index is 0.733. The highest BCUT2D eigenvalue weighted by Gasteiger charge is 2.20. The van der Waals surface area contributed by atoms with Crippen LogP contribution in [0, 0.1) is 11.8 Å².